The van der Waals surface area contributed by atoms with E-state index in [-0.39, 0.29) is 5.56 Å². The Hall–Kier alpha value is -3.52. The number of hydrogen-bond acceptors (Lipinski definition) is 6. The second-order valence-corrected chi connectivity index (χ2v) is 7.27. The van der Waals surface area contributed by atoms with Crippen molar-refractivity contribution in [1.82, 2.24) is 19.6 Å². The van der Waals surface area contributed by atoms with Crippen LogP contribution < -0.4 is 20.9 Å². The van der Waals surface area contributed by atoms with Gasteiger partial charge >= 0.3 is 0 Å². The Kier molecular flexibility index (Phi) is 5.58. The molecule has 2 heterocycles. The van der Waals surface area contributed by atoms with Gasteiger partial charge in [0.15, 0.2) is 0 Å². The minimum Gasteiger partial charge on any atom is -0.495 e. The average molecular weight is 425 g/mol. The van der Waals surface area contributed by atoms with Crippen molar-refractivity contribution in [2.75, 3.05) is 17.7 Å². The predicted octanol–water partition coefficient (Wildman–Crippen LogP) is 3.61. The van der Waals surface area contributed by atoms with Gasteiger partial charge in [0.2, 0.25) is 5.95 Å². The van der Waals surface area contributed by atoms with Crippen molar-refractivity contribution in [2.24, 2.45) is 0 Å². The molecule has 0 fully saturated rings. The Morgan fingerprint density at radius 2 is 1.87 bits per heavy atom. The van der Waals surface area contributed by atoms with E-state index in [1.165, 1.54) is 16.1 Å². The van der Waals surface area contributed by atoms with Crippen LogP contribution in [0.1, 0.15) is 16.8 Å². The normalized spacial score (nSPS) is 10.9. The van der Waals surface area contributed by atoms with Crippen LogP contribution in [-0.2, 0) is 13.1 Å². The monoisotopic (exact) mass is 424 g/mol. The summed E-state index contributed by atoms with van der Waals surface area (Å²) < 4.78 is 6.63. The van der Waals surface area contributed by atoms with Gasteiger partial charge < -0.3 is 15.4 Å². The molecule has 0 aliphatic carbocycles. The zero-order chi connectivity index (χ0) is 21.1. The summed E-state index contributed by atoms with van der Waals surface area (Å²) in [6, 6.07) is 14.9. The molecule has 3 N–H and O–H groups in total. The molecule has 0 bridgehead atoms. The molecule has 2 aromatic carbocycles. The fourth-order valence-electron chi connectivity index (χ4n) is 2.99. The van der Waals surface area contributed by atoms with Crippen molar-refractivity contribution < 1.29 is 4.74 Å². The van der Waals surface area contributed by atoms with E-state index in [0.717, 1.165) is 11.3 Å². The maximum absolute atomic E-state index is 12.5. The number of ether oxygens (including phenoxy) is 1. The van der Waals surface area contributed by atoms with E-state index in [9.17, 15) is 4.79 Å². The van der Waals surface area contributed by atoms with Crippen LogP contribution >= 0.6 is 11.6 Å². The van der Waals surface area contributed by atoms with Crippen molar-refractivity contribution in [3.05, 3.63) is 80.7 Å². The summed E-state index contributed by atoms with van der Waals surface area (Å²) in [6.07, 6.45) is 0. The molecule has 0 saturated carbocycles. The smallest absolute Gasteiger partial charge is 0.274 e. The maximum atomic E-state index is 12.5. The topological polar surface area (TPSA) is 96.3 Å². The van der Waals surface area contributed by atoms with Crippen LogP contribution in [0.25, 0.3) is 5.78 Å². The maximum Gasteiger partial charge on any atom is 0.274 e. The molecule has 0 saturated heterocycles. The van der Waals surface area contributed by atoms with E-state index in [1.807, 2.05) is 19.1 Å². The average Bonchev–Trinajstić information content (AvgIpc) is 3.16. The predicted molar refractivity (Wildman–Crippen MR) is 117 cm³/mol. The van der Waals surface area contributed by atoms with E-state index >= 15 is 0 Å². The Morgan fingerprint density at radius 1 is 1.07 bits per heavy atom. The minimum absolute atomic E-state index is 0.245. The number of aromatic amines is 1. The highest BCUT2D eigenvalue weighted by atomic mass is 35.5. The molecular formula is C21H21ClN6O2. The van der Waals surface area contributed by atoms with Crippen molar-refractivity contribution >= 4 is 29.0 Å². The quantitative estimate of drug-likeness (QED) is 0.419. The molecule has 30 heavy (non-hydrogen) atoms. The molecule has 154 valence electrons. The molecule has 0 aliphatic rings. The highest BCUT2D eigenvalue weighted by Crippen LogP contribution is 2.27. The number of halogens is 1. The third kappa shape index (κ3) is 4.38. The summed E-state index contributed by atoms with van der Waals surface area (Å²) in [7, 11) is 1.58. The molecule has 0 radical (unpaired) electrons. The summed E-state index contributed by atoms with van der Waals surface area (Å²) in [5.74, 6) is 1.42. The molecule has 9 heteroatoms. The van der Waals surface area contributed by atoms with Gasteiger partial charge in [-0.1, -0.05) is 41.4 Å². The van der Waals surface area contributed by atoms with E-state index in [4.69, 9.17) is 16.3 Å². The SMILES string of the molecule is COc1ccc(Cl)cc1NCc1cc(=O)n2[nH]c(NCc3ccc(C)cc3)nc2n1. The number of aryl methyl sites for hydroxylation is 1. The fraction of sp³-hybridized carbons (Fsp3) is 0.190. The molecule has 4 aromatic rings. The molecule has 0 unspecified atom stereocenters. The highest BCUT2D eigenvalue weighted by molar-refractivity contribution is 6.30. The van der Waals surface area contributed by atoms with Gasteiger partial charge in [0.05, 0.1) is 25.0 Å². The number of H-pyrrole nitrogens is 1. The van der Waals surface area contributed by atoms with Crippen LogP contribution in [-0.4, -0.2) is 26.7 Å². The van der Waals surface area contributed by atoms with Crippen molar-refractivity contribution in [1.29, 1.82) is 0 Å². The van der Waals surface area contributed by atoms with Crippen LogP contribution in [0.4, 0.5) is 11.6 Å². The van der Waals surface area contributed by atoms with E-state index < -0.39 is 0 Å². The second-order valence-electron chi connectivity index (χ2n) is 6.83. The fourth-order valence-corrected chi connectivity index (χ4v) is 3.16. The van der Waals surface area contributed by atoms with Crippen LogP contribution in [0.3, 0.4) is 0 Å². The van der Waals surface area contributed by atoms with Crippen LogP contribution in [0.2, 0.25) is 5.02 Å². The van der Waals surface area contributed by atoms with Gasteiger partial charge in [-0.2, -0.15) is 9.50 Å². The first-order valence-corrected chi connectivity index (χ1v) is 9.75. The number of anilines is 2. The standard InChI is InChI=1S/C21H21ClN6O2/c1-13-3-5-14(6-4-13)11-24-20-26-21-25-16(10-19(29)28(21)27-20)12-23-17-9-15(22)7-8-18(17)30-2/h3-10,23H,11-12H2,1-2H3,(H2,24,25,26,27). The first kappa shape index (κ1) is 19.8. The largest absolute Gasteiger partial charge is 0.495 e. The number of rotatable bonds is 7. The van der Waals surface area contributed by atoms with Crippen molar-refractivity contribution in [3.8, 4) is 5.75 Å². The van der Waals surface area contributed by atoms with Gasteiger partial charge in [-0.25, -0.2) is 4.98 Å². The van der Waals surface area contributed by atoms with Gasteiger partial charge in [0.1, 0.15) is 5.75 Å². The molecule has 4 rings (SSSR count). The van der Waals surface area contributed by atoms with Gasteiger partial charge in [-0.15, -0.1) is 0 Å². The number of hydrogen-bond donors (Lipinski definition) is 3. The number of aromatic nitrogens is 4. The van der Waals surface area contributed by atoms with E-state index in [2.05, 4.69) is 37.8 Å². The molecule has 0 atom stereocenters. The zero-order valence-corrected chi connectivity index (χ0v) is 17.3. The molecular weight excluding hydrogens is 404 g/mol. The Labute approximate surface area is 177 Å². The lowest BCUT2D eigenvalue weighted by molar-refractivity contribution is 0.416. The summed E-state index contributed by atoms with van der Waals surface area (Å²) in [6.45, 7) is 2.95. The molecule has 8 nitrogen and oxygen atoms in total. The Bertz CT molecular complexity index is 1230. The van der Waals surface area contributed by atoms with Gasteiger partial charge in [-0.3, -0.25) is 9.89 Å². The highest BCUT2D eigenvalue weighted by Gasteiger charge is 2.09. The molecule has 0 amide bonds. The Morgan fingerprint density at radius 3 is 2.63 bits per heavy atom. The summed E-state index contributed by atoms with van der Waals surface area (Å²) >= 11 is 6.06. The van der Waals surface area contributed by atoms with E-state index in [0.29, 0.717) is 41.3 Å². The van der Waals surface area contributed by atoms with Gasteiger partial charge in [0, 0.05) is 17.6 Å². The number of nitrogens with one attached hydrogen (secondary N) is 3. The third-order valence-electron chi connectivity index (χ3n) is 4.59. The zero-order valence-electron chi connectivity index (χ0n) is 16.6. The summed E-state index contributed by atoms with van der Waals surface area (Å²) in [4.78, 5) is 21.3. The van der Waals surface area contributed by atoms with Crippen LogP contribution in [0.15, 0.2) is 53.3 Å². The lowest BCUT2D eigenvalue weighted by Crippen LogP contribution is -2.17. The van der Waals surface area contributed by atoms with Crippen LogP contribution in [0, 0.1) is 6.92 Å². The van der Waals surface area contributed by atoms with Gasteiger partial charge in [0.25, 0.3) is 11.3 Å². The second kappa shape index (κ2) is 8.46. The number of methoxy groups -OCH3 is 1. The number of benzene rings is 2. The Balaban J connectivity index is 1.50. The lowest BCUT2D eigenvalue weighted by Gasteiger charge is -2.11. The number of nitrogens with zero attached hydrogens (tertiary/aromatic N) is 3. The first-order chi connectivity index (χ1) is 14.5. The van der Waals surface area contributed by atoms with Crippen LogP contribution in [0.5, 0.6) is 5.75 Å². The third-order valence-corrected chi connectivity index (χ3v) is 4.82. The first-order valence-electron chi connectivity index (χ1n) is 9.37. The van der Waals surface area contributed by atoms with E-state index in [1.54, 1.807) is 25.3 Å². The van der Waals surface area contributed by atoms with Gasteiger partial charge in [-0.05, 0) is 30.7 Å². The number of fused-ring (bicyclic) bond motifs is 1. The lowest BCUT2D eigenvalue weighted by atomic mass is 10.1. The van der Waals surface area contributed by atoms with Crippen molar-refractivity contribution in [2.45, 2.75) is 20.0 Å². The van der Waals surface area contributed by atoms with Crippen molar-refractivity contribution in [3.63, 3.8) is 0 Å². The molecule has 2 aromatic heterocycles. The summed E-state index contributed by atoms with van der Waals surface area (Å²) in [5, 5.41) is 9.90. The minimum atomic E-state index is -0.245. The molecule has 0 aliphatic heterocycles. The summed E-state index contributed by atoms with van der Waals surface area (Å²) in [5.41, 5.74) is 3.34. The molecule has 0 spiro atoms.